The van der Waals surface area contributed by atoms with E-state index >= 15 is 0 Å². The Morgan fingerprint density at radius 1 is 1.19 bits per heavy atom. The minimum Gasteiger partial charge on any atom is -0.306 e. The van der Waals surface area contributed by atoms with Gasteiger partial charge in [-0.3, -0.25) is 4.68 Å². The van der Waals surface area contributed by atoms with Crippen molar-refractivity contribution in [3.63, 3.8) is 0 Å². The number of hydrogen-bond acceptors (Lipinski definition) is 2. The normalized spacial score (nSPS) is 12.9. The van der Waals surface area contributed by atoms with Gasteiger partial charge in [0.1, 0.15) is 0 Å². The van der Waals surface area contributed by atoms with Crippen LogP contribution in [-0.2, 0) is 13.6 Å². The monoisotopic (exact) mass is 285 g/mol. The van der Waals surface area contributed by atoms with Gasteiger partial charge in [-0.1, -0.05) is 37.6 Å². The Morgan fingerprint density at radius 2 is 1.90 bits per heavy atom. The van der Waals surface area contributed by atoms with Crippen LogP contribution in [0.3, 0.4) is 0 Å². The van der Waals surface area contributed by atoms with Gasteiger partial charge < -0.3 is 5.32 Å². The van der Waals surface area contributed by atoms with Gasteiger partial charge in [-0.05, 0) is 37.8 Å². The van der Waals surface area contributed by atoms with Crippen LogP contribution in [0.2, 0.25) is 0 Å². The molecule has 0 bridgehead atoms. The van der Waals surface area contributed by atoms with E-state index in [4.69, 9.17) is 0 Å². The van der Waals surface area contributed by atoms with Crippen LogP contribution in [0, 0.1) is 13.8 Å². The lowest BCUT2D eigenvalue weighted by molar-refractivity contribution is 0.568. The van der Waals surface area contributed by atoms with Crippen LogP contribution in [0.1, 0.15) is 60.7 Å². The van der Waals surface area contributed by atoms with Gasteiger partial charge in [0.25, 0.3) is 0 Å². The summed E-state index contributed by atoms with van der Waals surface area (Å²) in [7, 11) is 1.99. The first kappa shape index (κ1) is 15.8. The van der Waals surface area contributed by atoms with E-state index in [0.29, 0.717) is 12.0 Å². The SMILES string of the molecule is Cc1ccc(C(C)NCc2cn(C)nc2C(C)C)c(C)c1. The number of hydrogen-bond donors (Lipinski definition) is 1. The number of rotatable bonds is 5. The van der Waals surface area contributed by atoms with E-state index in [0.717, 1.165) is 6.54 Å². The molecule has 0 fully saturated rings. The molecule has 2 rings (SSSR count). The summed E-state index contributed by atoms with van der Waals surface area (Å²) < 4.78 is 1.91. The summed E-state index contributed by atoms with van der Waals surface area (Å²) in [5.74, 6) is 0.458. The van der Waals surface area contributed by atoms with Crippen molar-refractivity contribution in [1.29, 1.82) is 0 Å². The van der Waals surface area contributed by atoms with E-state index in [9.17, 15) is 0 Å². The molecule has 1 aromatic carbocycles. The summed E-state index contributed by atoms with van der Waals surface area (Å²) in [6.45, 7) is 11.8. The first-order valence-corrected chi connectivity index (χ1v) is 7.71. The number of aromatic nitrogens is 2. The molecule has 3 heteroatoms. The van der Waals surface area contributed by atoms with Gasteiger partial charge >= 0.3 is 0 Å². The Labute approximate surface area is 128 Å². The molecule has 0 saturated heterocycles. The molecular weight excluding hydrogens is 258 g/mol. The number of nitrogens with one attached hydrogen (secondary N) is 1. The van der Waals surface area contributed by atoms with E-state index < -0.39 is 0 Å². The summed E-state index contributed by atoms with van der Waals surface area (Å²) in [6.07, 6.45) is 2.12. The van der Waals surface area contributed by atoms with Crippen LogP contribution in [0.25, 0.3) is 0 Å². The second-order valence-electron chi connectivity index (χ2n) is 6.33. The molecule has 114 valence electrons. The molecule has 0 aliphatic heterocycles. The number of benzene rings is 1. The van der Waals surface area contributed by atoms with Crippen LogP contribution in [0.5, 0.6) is 0 Å². The van der Waals surface area contributed by atoms with Crippen molar-refractivity contribution in [1.82, 2.24) is 15.1 Å². The van der Waals surface area contributed by atoms with E-state index in [-0.39, 0.29) is 0 Å². The lowest BCUT2D eigenvalue weighted by atomic mass is 10.00. The maximum atomic E-state index is 4.57. The Kier molecular flexibility index (Phi) is 4.84. The Morgan fingerprint density at radius 3 is 2.52 bits per heavy atom. The van der Waals surface area contributed by atoms with Gasteiger partial charge in [-0.2, -0.15) is 5.10 Å². The van der Waals surface area contributed by atoms with Crippen LogP contribution >= 0.6 is 0 Å². The second-order valence-corrected chi connectivity index (χ2v) is 6.33. The molecular formula is C18H27N3. The second kappa shape index (κ2) is 6.44. The zero-order valence-electron chi connectivity index (χ0n) is 14.1. The zero-order chi connectivity index (χ0) is 15.6. The summed E-state index contributed by atoms with van der Waals surface area (Å²) in [4.78, 5) is 0. The predicted octanol–water partition coefficient (Wildman–Crippen LogP) is 4.01. The molecule has 21 heavy (non-hydrogen) atoms. The molecule has 2 aromatic rings. The minimum absolute atomic E-state index is 0.339. The van der Waals surface area contributed by atoms with E-state index in [2.05, 4.69) is 69.4 Å². The van der Waals surface area contributed by atoms with Gasteiger partial charge in [0.2, 0.25) is 0 Å². The average molecular weight is 285 g/mol. The fourth-order valence-electron chi connectivity index (χ4n) is 2.86. The quantitative estimate of drug-likeness (QED) is 0.899. The van der Waals surface area contributed by atoms with Gasteiger partial charge in [-0.25, -0.2) is 0 Å². The lowest BCUT2D eigenvalue weighted by Crippen LogP contribution is -2.19. The van der Waals surface area contributed by atoms with Gasteiger partial charge in [0.15, 0.2) is 0 Å². The Balaban J connectivity index is 2.09. The Bertz CT molecular complexity index is 611. The molecule has 0 spiro atoms. The first-order chi connectivity index (χ1) is 9.88. The van der Waals surface area contributed by atoms with Crippen molar-refractivity contribution in [2.24, 2.45) is 7.05 Å². The third-order valence-corrected chi connectivity index (χ3v) is 3.97. The zero-order valence-corrected chi connectivity index (χ0v) is 14.1. The molecule has 0 radical (unpaired) electrons. The lowest BCUT2D eigenvalue weighted by Gasteiger charge is -2.17. The van der Waals surface area contributed by atoms with Crippen molar-refractivity contribution in [2.45, 2.75) is 53.1 Å². The average Bonchev–Trinajstić information content (AvgIpc) is 2.77. The van der Waals surface area contributed by atoms with Crippen molar-refractivity contribution < 1.29 is 0 Å². The molecule has 3 nitrogen and oxygen atoms in total. The molecule has 1 heterocycles. The first-order valence-electron chi connectivity index (χ1n) is 7.71. The van der Waals surface area contributed by atoms with Crippen molar-refractivity contribution >= 4 is 0 Å². The van der Waals surface area contributed by atoms with Crippen molar-refractivity contribution in [3.05, 3.63) is 52.3 Å². The highest BCUT2D eigenvalue weighted by atomic mass is 15.3. The van der Waals surface area contributed by atoms with Crippen LogP contribution in [0.15, 0.2) is 24.4 Å². The fourth-order valence-corrected chi connectivity index (χ4v) is 2.86. The van der Waals surface area contributed by atoms with Crippen molar-refractivity contribution in [3.8, 4) is 0 Å². The number of nitrogens with zero attached hydrogens (tertiary/aromatic N) is 2. The molecule has 0 aliphatic rings. The standard InChI is InChI=1S/C18H27N3/c1-12(2)18-16(11-21(6)20-18)10-19-15(5)17-8-7-13(3)9-14(17)4/h7-9,11-12,15,19H,10H2,1-6H3. The van der Waals surface area contributed by atoms with Crippen LogP contribution in [0.4, 0.5) is 0 Å². The largest absolute Gasteiger partial charge is 0.306 e. The highest BCUT2D eigenvalue weighted by Gasteiger charge is 2.13. The summed E-state index contributed by atoms with van der Waals surface area (Å²) in [5.41, 5.74) is 6.53. The third-order valence-electron chi connectivity index (χ3n) is 3.97. The van der Waals surface area contributed by atoms with Crippen LogP contribution < -0.4 is 5.32 Å². The van der Waals surface area contributed by atoms with Gasteiger partial charge in [0, 0.05) is 31.4 Å². The third kappa shape index (κ3) is 3.73. The van der Waals surface area contributed by atoms with Gasteiger partial charge in [-0.15, -0.1) is 0 Å². The molecule has 0 aliphatic carbocycles. The van der Waals surface area contributed by atoms with E-state index in [1.807, 2.05) is 11.7 Å². The number of aryl methyl sites for hydroxylation is 3. The van der Waals surface area contributed by atoms with E-state index in [1.165, 1.54) is 27.9 Å². The maximum Gasteiger partial charge on any atom is 0.0694 e. The smallest absolute Gasteiger partial charge is 0.0694 e. The van der Waals surface area contributed by atoms with Crippen LogP contribution in [-0.4, -0.2) is 9.78 Å². The Hall–Kier alpha value is -1.61. The predicted molar refractivity (Wildman–Crippen MR) is 88.5 cm³/mol. The molecule has 1 N–H and O–H groups in total. The fraction of sp³-hybridized carbons (Fsp3) is 0.500. The highest BCUT2D eigenvalue weighted by molar-refractivity contribution is 5.32. The van der Waals surface area contributed by atoms with E-state index in [1.54, 1.807) is 0 Å². The maximum absolute atomic E-state index is 4.57. The topological polar surface area (TPSA) is 29.9 Å². The molecule has 1 aromatic heterocycles. The minimum atomic E-state index is 0.339. The highest BCUT2D eigenvalue weighted by Crippen LogP contribution is 2.21. The summed E-state index contributed by atoms with van der Waals surface area (Å²) in [6, 6.07) is 7.00. The summed E-state index contributed by atoms with van der Waals surface area (Å²) in [5, 5.41) is 8.20. The molecule has 1 unspecified atom stereocenters. The van der Waals surface area contributed by atoms with Gasteiger partial charge in [0.05, 0.1) is 5.69 Å². The molecule has 1 atom stereocenters. The van der Waals surface area contributed by atoms with Crippen molar-refractivity contribution in [2.75, 3.05) is 0 Å². The molecule has 0 amide bonds. The molecule has 0 saturated carbocycles. The summed E-state index contributed by atoms with van der Waals surface area (Å²) >= 11 is 0.